The van der Waals surface area contributed by atoms with Gasteiger partial charge < -0.3 is 9.73 Å². The lowest BCUT2D eigenvalue weighted by Crippen LogP contribution is -2.28. The van der Waals surface area contributed by atoms with Crippen LogP contribution in [-0.4, -0.2) is 23.3 Å². The Bertz CT molecular complexity index is 330. The van der Waals surface area contributed by atoms with Crippen LogP contribution in [0.2, 0.25) is 0 Å². The molecule has 0 aromatic carbocycles. The number of halogens is 3. The monoisotopic (exact) mass is 221 g/mol. The van der Waals surface area contributed by atoms with Crippen LogP contribution in [0, 0.1) is 0 Å². The van der Waals surface area contributed by atoms with Gasteiger partial charge in [-0.1, -0.05) is 0 Å². The van der Waals surface area contributed by atoms with E-state index in [0.717, 1.165) is 19.4 Å². The summed E-state index contributed by atoms with van der Waals surface area (Å²) in [7, 11) is 0. The van der Waals surface area contributed by atoms with Crippen LogP contribution < -0.4 is 5.32 Å². The van der Waals surface area contributed by atoms with Gasteiger partial charge in [0.25, 0.3) is 0 Å². The van der Waals surface area contributed by atoms with Gasteiger partial charge in [-0.2, -0.15) is 13.2 Å². The van der Waals surface area contributed by atoms with Crippen molar-refractivity contribution < 1.29 is 17.6 Å². The third-order valence-corrected chi connectivity index (χ3v) is 2.33. The summed E-state index contributed by atoms with van der Waals surface area (Å²) in [5.74, 6) is -1.28. The molecule has 0 radical (unpaired) electrons. The summed E-state index contributed by atoms with van der Waals surface area (Å²) in [4.78, 5) is 0. The summed E-state index contributed by atoms with van der Waals surface area (Å²) in [5, 5.41) is 9.50. The van der Waals surface area contributed by atoms with Gasteiger partial charge in [-0.25, -0.2) is 0 Å². The van der Waals surface area contributed by atoms with Crippen molar-refractivity contribution in [3.63, 3.8) is 0 Å². The maximum atomic E-state index is 12.2. The second-order valence-electron chi connectivity index (χ2n) is 3.49. The molecule has 1 atom stereocenters. The van der Waals surface area contributed by atoms with Crippen molar-refractivity contribution in [2.45, 2.75) is 24.9 Å². The standard InChI is InChI=1S/C8H10F3N3O/c9-8(10,11)7-14-13-6(15-7)5-2-1-3-12-4-5/h5,12H,1-4H2/t5-/m1/s1. The quantitative estimate of drug-likeness (QED) is 0.781. The van der Waals surface area contributed by atoms with E-state index in [0.29, 0.717) is 6.54 Å². The van der Waals surface area contributed by atoms with Crippen LogP contribution in [0.4, 0.5) is 13.2 Å². The number of rotatable bonds is 1. The predicted octanol–water partition coefficient (Wildman–Crippen LogP) is 1.56. The topological polar surface area (TPSA) is 51.0 Å². The van der Waals surface area contributed by atoms with E-state index < -0.39 is 12.1 Å². The maximum Gasteiger partial charge on any atom is 0.470 e. The van der Waals surface area contributed by atoms with E-state index in [9.17, 15) is 13.2 Å². The van der Waals surface area contributed by atoms with Gasteiger partial charge in [0.05, 0.1) is 0 Å². The second-order valence-corrected chi connectivity index (χ2v) is 3.49. The van der Waals surface area contributed by atoms with Crippen LogP contribution in [0.1, 0.15) is 30.5 Å². The molecule has 2 rings (SSSR count). The van der Waals surface area contributed by atoms with Crippen LogP contribution in [0.3, 0.4) is 0 Å². The SMILES string of the molecule is FC(F)(F)c1nnc([C@@H]2CCCNC2)o1. The Morgan fingerprint density at radius 2 is 2.13 bits per heavy atom. The largest absolute Gasteiger partial charge is 0.470 e. The Morgan fingerprint density at radius 3 is 2.67 bits per heavy atom. The number of piperidine rings is 1. The molecular weight excluding hydrogens is 211 g/mol. The van der Waals surface area contributed by atoms with E-state index in [4.69, 9.17) is 0 Å². The zero-order chi connectivity index (χ0) is 10.9. The molecule has 4 nitrogen and oxygen atoms in total. The molecule has 0 saturated carbocycles. The first-order valence-corrected chi connectivity index (χ1v) is 4.68. The third kappa shape index (κ3) is 2.28. The highest BCUT2D eigenvalue weighted by atomic mass is 19.4. The molecule has 1 aliphatic heterocycles. The molecule has 0 aliphatic carbocycles. The van der Waals surface area contributed by atoms with Crippen LogP contribution in [0.25, 0.3) is 0 Å². The van der Waals surface area contributed by atoms with Gasteiger partial charge >= 0.3 is 12.1 Å². The van der Waals surface area contributed by atoms with E-state index in [-0.39, 0.29) is 11.8 Å². The summed E-state index contributed by atoms with van der Waals surface area (Å²) in [6.45, 7) is 1.48. The van der Waals surface area contributed by atoms with Crippen molar-refractivity contribution in [1.29, 1.82) is 0 Å². The fourth-order valence-electron chi connectivity index (χ4n) is 1.58. The van der Waals surface area contributed by atoms with E-state index in [1.165, 1.54) is 0 Å². The first-order chi connectivity index (χ1) is 7.07. The number of nitrogens with one attached hydrogen (secondary N) is 1. The summed E-state index contributed by atoms with van der Waals surface area (Å²) in [6.07, 6.45) is -2.85. The molecule has 1 aliphatic rings. The smallest absolute Gasteiger partial charge is 0.417 e. The molecular formula is C8H10F3N3O. The predicted molar refractivity (Wildman–Crippen MR) is 44.1 cm³/mol. The first kappa shape index (κ1) is 10.4. The van der Waals surface area contributed by atoms with Gasteiger partial charge in [0, 0.05) is 12.5 Å². The average molecular weight is 221 g/mol. The van der Waals surface area contributed by atoms with E-state index in [2.05, 4.69) is 19.9 Å². The molecule has 1 saturated heterocycles. The Balaban J connectivity index is 2.12. The van der Waals surface area contributed by atoms with Crippen LogP contribution >= 0.6 is 0 Å². The fraction of sp³-hybridized carbons (Fsp3) is 0.750. The van der Waals surface area contributed by atoms with Gasteiger partial charge in [0.1, 0.15) is 0 Å². The highest BCUT2D eigenvalue weighted by molar-refractivity contribution is 4.96. The zero-order valence-corrected chi connectivity index (χ0v) is 7.84. The summed E-state index contributed by atoms with van der Waals surface area (Å²) < 4.78 is 41.1. The fourth-order valence-corrected chi connectivity index (χ4v) is 1.58. The van der Waals surface area contributed by atoms with Crippen LogP contribution in [0.15, 0.2) is 4.42 Å². The van der Waals surface area contributed by atoms with E-state index in [1.54, 1.807) is 0 Å². The zero-order valence-electron chi connectivity index (χ0n) is 7.84. The van der Waals surface area contributed by atoms with Crippen molar-refractivity contribution in [2.75, 3.05) is 13.1 Å². The second kappa shape index (κ2) is 3.80. The number of alkyl halides is 3. The van der Waals surface area contributed by atoms with Crippen molar-refractivity contribution in [1.82, 2.24) is 15.5 Å². The molecule has 84 valence electrons. The number of hydrogen-bond acceptors (Lipinski definition) is 4. The van der Waals surface area contributed by atoms with Gasteiger partial charge in [-0.15, -0.1) is 10.2 Å². The lowest BCUT2D eigenvalue weighted by atomic mass is 10.00. The number of nitrogens with zero attached hydrogens (tertiary/aromatic N) is 2. The Labute approximate surface area is 83.9 Å². The lowest BCUT2D eigenvalue weighted by molar-refractivity contribution is -0.157. The van der Waals surface area contributed by atoms with Crippen molar-refractivity contribution in [3.8, 4) is 0 Å². The van der Waals surface area contributed by atoms with Crippen molar-refractivity contribution in [2.24, 2.45) is 0 Å². The van der Waals surface area contributed by atoms with Gasteiger partial charge in [-0.05, 0) is 19.4 Å². The number of hydrogen-bond donors (Lipinski definition) is 1. The van der Waals surface area contributed by atoms with Gasteiger partial charge in [0.15, 0.2) is 0 Å². The molecule has 0 bridgehead atoms. The molecule has 1 N–H and O–H groups in total. The third-order valence-electron chi connectivity index (χ3n) is 2.33. The molecule has 15 heavy (non-hydrogen) atoms. The van der Waals surface area contributed by atoms with Gasteiger partial charge in [0.2, 0.25) is 5.89 Å². The van der Waals surface area contributed by atoms with E-state index in [1.807, 2.05) is 0 Å². The van der Waals surface area contributed by atoms with Gasteiger partial charge in [-0.3, -0.25) is 0 Å². The van der Waals surface area contributed by atoms with Crippen LogP contribution in [0.5, 0.6) is 0 Å². The maximum absolute atomic E-state index is 12.2. The lowest BCUT2D eigenvalue weighted by Gasteiger charge is -2.18. The normalized spacial score (nSPS) is 23.0. The highest BCUT2D eigenvalue weighted by Gasteiger charge is 2.38. The van der Waals surface area contributed by atoms with Crippen molar-refractivity contribution >= 4 is 0 Å². The van der Waals surface area contributed by atoms with Crippen LogP contribution in [-0.2, 0) is 6.18 Å². The summed E-state index contributed by atoms with van der Waals surface area (Å²) >= 11 is 0. The Kier molecular flexibility index (Phi) is 2.64. The molecule has 0 unspecified atom stereocenters. The number of aromatic nitrogens is 2. The summed E-state index contributed by atoms with van der Waals surface area (Å²) in [6, 6.07) is 0. The minimum atomic E-state index is -4.55. The van der Waals surface area contributed by atoms with Crippen molar-refractivity contribution in [3.05, 3.63) is 11.8 Å². The molecule has 0 amide bonds. The average Bonchev–Trinajstić information content (AvgIpc) is 2.67. The summed E-state index contributed by atoms with van der Waals surface area (Å²) in [5.41, 5.74) is 0. The molecule has 7 heteroatoms. The minimum absolute atomic E-state index is 0.0783. The Morgan fingerprint density at radius 1 is 1.33 bits per heavy atom. The van der Waals surface area contributed by atoms with E-state index >= 15 is 0 Å². The first-order valence-electron chi connectivity index (χ1n) is 4.68. The molecule has 2 heterocycles. The minimum Gasteiger partial charge on any atom is -0.417 e. The molecule has 1 aromatic heterocycles. The highest BCUT2D eigenvalue weighted by Crippen LogP contribution is 2.30. The molecule has 1 aromatic rings. The molecule has 0 spiro atoms. The molecule has 1 fully saturated rings. The Hall–Kier alpha value is -1.11.